The number of hydrogen-bond donors (Lipinski definition) is 1. The summed E-state index contributed by atoms with van der Waals surface area (Å²) in [5.41, 5.74) is -0.356. The van der Waals surface area contributed by atoms with Gasteiger partial charge >= 0.3 is 0 Å². The summed E-state index contributed by atoms with van der Waals surface area (Å²) in [7, 11) is 0. The van der Waals surface area contributed by atoms with Crippen LogP contribution < -0.4 is 0 Å². The maximum absolute atomic E-state index is 10.5. The summed E-state index contributed by atoms with van der Waals surface area (Å²) in [4.78, 5) is 0. The molecule has 1 nitrogen and oxygen atoms in total. The summed E-state index contributed by atoms with van der Waals surface area (Å²) >= 11 is 0. The fourth-order valence-electron chi connectivity index (χ4n) is 2.42. The minimum Gasteiger partial charge on any atom is -0.390 e. The normalized spacial score (nSPS) is 25.6. The predicted octanol–water partition coefficient (Wildman–Crippen LogP) is 3.36. The van der Waals surface area contributed by atoms with Crippen molar-refractivity contribution in [2.45, 2.75) is 64.9 Å². The molecule has 1 atom stereocenters. The molecule has 1 fully saturated rings. The highest BCUT2D eigenvalue weighted by molar-refractivity contribution is 4.87. The standard InChI is InChI=1S/C12H24O/c1-10(2)11(3)12(13)8-6-4-5-7-9-12/h10-11,13H,4-9H2,1-3H3. The second-order valence-corrected chi connectivity index (χ2v) is 5.05. The van der Waals surface area contributed by atoms with E-state index in [4.69, 9.17) is 0 Å². The van der Waals surface area contributed by atoms with Crippen molar-refractivity contribution < 1.29 is 5.11 Å². The summed E-state index contributed by atoms with van der Waals surface area (Å²) in [6.45, 7) is 6.64. The molecular formula is C12H24O. The first-order chi connectivity index (χ1) is 6.06. The second kappa shape index (κ2) is 4.45. The van der Waals surface area contributed by atoms with E-state index >= 15 is 0 Å². The van der Waals surface area contributed by atoms with Crippen molar-refractivity contribution >= 4 is 0 Å². The molecule has 0 aromatic rings. The lowest BCUT2D eigenvalue weighted by atomic mass is 9.76. The van der Waals surface area contributed by atoms with Crippen LogP contribution in [-0.2, 0) is 0 Å². The van der Waals surface area contributed by atoms with Crippen LogP contribution in [-0.4, -0.2) is 10.7 Å². The van der Waals surface area contributed by atoms with E-state index in [2.05, 4.69) is 20.8 Å². The van der Waals surface area contributed by atoms with Gasteiger partial charge in [-0.05, 0) is 24.7 Å². The van der Waals surface area contributed by atoms with Crippen molar-refractivity contribution in [3.63, 3.8) is 0 Å². The molecule has 0 spiro atoms. The first kappa shape index (κ1) is 11.0. The zero-order valence-electron chi connectivity index (χ0n) is 9.34. The van der Waals surface area contributed by atoms with Crippen LogP contribution in [0.5, 0.6) is 0 Å². The van der Waals surface area contributed by atoms with E-state index in [0.29, 0.717) is 11.8 Å². The molecule has 1 rings (SSSR count). The Morgan fingerprint density at radius 2 is 1.38 bits per heavy atom. The van der Waals surface area contributed by atoms with Crippen LogP contribution >= 0.6 is 0 Å². The van der Waals surface area contributed by atoms with E-state index in [9.17, 15) is 5.11 Å². The predicted molar refractivity (Wildman–Crippen MR) is 56.7 cm³/mol. The maximum Gasteiger partial charge on any atom is 0.0675 e. The maximum atomic E-state index is 10.5. The van der Waals surface area contributed by atoms with Crippen LogP contribution in [0.1, 0.15) is 59.3 Å². The molecule has 1 saturated carbocycles. The van der Waals surface area contributed by atoms with Gasteiger partial charge in [0.2, 0.25) is 0 Å². The Balaban J connectivity index is 2.60. The number of aliphatic hydroxyl groups is 1. The molecule has 0 amide bonds. The van der Waals surface area contributed by atoms with Gasteiger partial charge in [0.15, 0.2) is 0 Å². The van der Waals surface area contributed by atoms with E-state index < -0.39 is 0 Å². The molecule has 0 aromatic heterocycles. The Bertz CT molecular complexity index is 143. The molecule has 78 valence electrons. The third-order valence-electron chi connectivity index (χ3n) is 3.82. The van der Waals surface area contributed by atoms with Gasteiger partial charge in [-0.25, -0.2) is 0 Å². The average Bonchev–Trinajstić information content (AvgIpc) is 2.29. The fourth-order valence-corrected chi connectivity index (χ4v) is 2.42. The Morgan fingerprint density at radius 1 is 0.923 bits per heavy atom. The fraction of sp³-hybridized carbons (Fsp3) is 1.00. The lowest BCUT2D eigenvalue weighted by Crippen LogP contribution is -2.38. The molecule has 0 aliphatic heterocycles. The first-order valence-corrected chi connectivity index (χ1v) is 5.78. The van der Waals surface area contributed by atoms with Gasteiger partial charge in [-0.1, -0.05) is 46.5 Å². The minimum absolute atomic E-state index is 0.356. The highest BCUT2D eigenvalue weighted by Gasteiger charge is 2.35. The molecule has 0 saturated heterocycles. The van der Waals surface area contributed by atoms with Gasteiger partial charge in [-0.15, -0.1) is 0 Å². The van der Waals surface area contributed by atoms with Crippen molar-refractivity contribution in [1.29, 1.82) is 0 Å². The molecule has 1 aliphatic rings. The van der Waals surface area contributed by atoms with Crippen molar-refractivity contribution in [2.75, 3.05) is 0 Å². The molecule has 0 bridgehead atoms. The summed E-state index contributed by atoms with van der Waals surface area (Å²) in [6, 6.07) is 0. The second-order valence-electron chi connectivity index (χ2n) is 5.05. The van der Waals surface area contributed by atoms with Gasteiger partial charge in [0.25, 0.3) is 0 Å². The third-order valence-corrected chi connectivity index (χ3v) is 3.82. The molecule has 13 heavy (non-hydrogen) atoms. The summed E-state index contributed by atoms with van der Waals surface area (Å²) in [5, 5.41) is 10.5. The van der Waals surface area contributed by atoms with Gasteiger partial charge in [-0.2, -0.15) is 0 Å². The molecule has 1 heteroatoms. The molecule has 0 heterocycles. The molecule has 1 aliphatic carbocycles. The minimum atomic E-state index is -0.356. The molecule has 1 N–H and O–H groups in total. The van der Waals surface area contributed by atoms with Crippen LogP contribution in [0.2, 0.25) is 0 Å². The van der Waals surface area contributed by atoms with Crippen LogP contribution in [0.3, 0.4) is 0 Å². The van der Waals surface area contributed by atoms with Gasteiger partial charge in [0.1, 0.15) is 0 Å². The van der Waals surface area contributed by atoms with Crippen molar-refractivity contribution in [3.05, 3.63) is 0 Å². The molecule has 0 radical (unpaired) electrons. The average molecular weight is 184 g/mol. The molecule has 0 aromatic carbocycles. The van der Waals surface area contributed by atoms with Crippen LogP contribution in [0.4, 0.5) is 0 Å². The zero-order valence-corrected chi connectivity index (χ0v) is 9.34. The van der Waals surface area contributed by atoms with Crippen LogP contribution in [0, 0.1) is 11.8 Å². The first-order valence-electron chi connectivity index (χ1n) is 5.78. The Labute approximate surface area is 82.5 Å². The van der Waals surface area contributed by atoms with E-state index in [-0.39, 0.29) is 5.60 Å². The quantitative estimate of drug-likeness (QED) is 0.652. The van der Waals surface area contributed by atoms with Crippen LogP contribution in [0.15, 0.2) is 0 Å². The van der Waals surface area contributed by atoms with E-state index in [1.54, 1.807) is 0 Å². The third kappa shape index (κ3) is 2.70. The Kier molecular flexibility index (Phi) is 3.78. The largest absolute Gasteiger partial charge is 0.390 e. The summed E-state index contributed by atoms with van der Waals surface area (Å²) in [6.07, 6.45) is 7.10. The highest BCUT2D eigenvalue weighted by atomic mass is 16.3. The molecule has 1 unspecified atom stereocenters. The zero-order chi connectivity index (χ0) is 9.90. The van der Waals surface area contributed by atoms with E-state index in [0.717, 1.165) is 12.8 Å². The monoisotopic (exact) mass is 184 g/mol. The Hall–Kier alpha value is -0.0400. The van der Waals surface area contributed by atoms with E-state index in [1.165, 1.54) is 25.7 Å². The van der Waals surface area contributed by atoms with Crippen molar-refractivity contribution in [3.8, 4) is 0 Å². The van der Waals surface area contributed by atoms with Gasteiger partial charge in [-0.3, -0.25) is 0 Å². The number of hydrogen-bond acceptors (Lipinski definition) is 1. The molecular weight excluding hydrogens is 160 g/mol. The SMILES string of the molecule is CC(C)C(C)C1(O)CCCCCC1. The van der Waals surface area contributed by atoms with Gasteiger partial charge in [0, 0.05) is 0 Å². The van der Waals surface area contributed by atoms with E-state index in [1.807, 2.05) is 0 Å². The topological polar surface area (TPSA) is 20.2 Å². The highest BCUT2D eigenvalue weighted by Crippen LogP contribution is 2.36. The summed E-state index contributed by atoms with van der Waals surface area (Å²) in [5.74, 6) is 1.05. The van der Waals surface area contributed by atoms with Crippen molar-refractivity contribution in [1.82, 2.24) is 0 Å². The van der Waals surface area contributed by atoms with Gasteiger partial charge in [0.05, 0.1) is 5.60 Å². The Morgan fingerprint density at radius 3 is 1.77 bits per heavy atom. The van der Waals surface area contributed by atoms with Crippen LogP contribution in [0.25, 0.3) is 0 Å². The number of rotatable bonds is 2. The van der Waals surface area contributed by atoms with Crippen molar-refractivity contribution in [2.24, 2.45) is 11.8 Å². The summed E-state index contributed by atoms with van der Waals surface area (Å²) < 4.78 is 0. The van der Waals surface area contributed by atoms with Gasteiger partial charge < -0.3 is 5.11 Å². The lowest BCUT2D eigenvalue weighted by Gasteiger charge is -2.35. The lowest BCUT2D eigenvalue weighted by molar-refractivity contribution is -0.0418. The smallest absolute Gasteiger partial charge is 0.0675 e.